The van der Waals surface area contributed by atoms with Gasteiger partial charge in [-0.15, -0.1) is 9.24 Å². The van der Waals surface area contributed by atoms with E-state index in [9.17, 15) is 0 Å². The van der Waals surface area contributed by atoms with Crippen molar-refractivity contribution < 1.29 is 0 Å². The summed E-state index contributed by atoms with van der Waals surface area (Å²) >= 11 is 2.35. The molecule has 0 N–H and O–H groups in total. The number of hydrogen-bond donors (Lipinski definition) is 0. The highest BCUT2D eigenvalue weighted by Crippen LogP contribution is 2.19. The van der Waals surface area contributed by atoms with Crippen LogP contribution in [0, 0.1) is 3.57 Å². The third-order valence-corrected chi connectivity index (χ3v) is 2.80. The van der Waals surface area contributed by atoms with Crippen LogP contribution < -0.4 is 10.2 Å². The Morgan fingerprint density at radius 3 is 2.36 bits per heavy atom. The molecule has 0 aliphatic carbocycles. The van der Waals surface area contributed by atoms with Crippen molar-refractivity contribution in [2.75, 3.05) is 19.0 Å². The minimum atomic E-state index is 1.25. The van der Waals surface area contributed by atoms with Gasteiger partial charge in [0.1, 0.15) is 0 Å². The van der Waals surface area contributed by atoms with Gasteiger partial charge in [-0.1, -0.05) is 12.1 Å². The summed E-state index contributed by atoms with van der Waals surface area (Å²) in [7, 11) is 6.86. The fourth-order valence-corrected chi connectivity index (χ4v) is 2.82. The van der Waals surface area contributed by atoms with E-state index < -0.39 is 0 Å². The van der Waals surface area contributed by atoms with Crippen LogP contribution in [0.5, 0.6) is 0 Å². The molecule has 1 nitrogen and oxygen atoms in total. The van der Waals surface area contributed by atoms with Gasteiger partial charge in [-0.25, -0.2) is 0 Å². The number of para-hydroxylation sites is 1. The lowest BCUT2D eigenvalue weighted by Crippen LogP contribution is -2.16. The van der Waals surface area contributed by atoms with E-state index in [-0.39, 0.29) is 0 Å². The van der Waals surface area contributed by atoms with Crippen molar-refractivity contribution in [3.05, 3.63) is 21.8 Å². The predicted octanol–water partition coefficient (Wildman–Crippen LogP) is 1.86. The van der Waals surface area contributed by atoms with E-state index in [2.05, 4.69) is 69.0 Å². The van der Waals surface area contributed by atoms with Crippen molar-refractivity contribution in [3.8, 4) is 0 Å². The van der Waals surface area contributed by atoms with E-state index in [1.54, 1.807) is 0 Å². The first kappa shape index (κ1) is 9.27. The molecular formula is C8H11INP. The van der Waals surface area contributed by atoms with Crippen LogP contribution in [0.2, 0.25) is 0 Å². The summed E-state index contributed by atoms with van der Waals surface area (Å²) in [6.45, 7) is 0. The van der Waals surface area contributed by atoms with E-state index in [0.717, 1.165) is 0 Å². The Balaban J connectivity index is 3.21. The van der Waals surface area contributed by atoms with E-state index >= 15 is 0 Å². The number of benzene rings is 1. The third-order valence-electron chi connectivity index (χ3n) is 1.47. The second-order valence-electron chi connectivity index (χ2n) is 2.57. The molecule has 60 valence electrons. The lowest BCUT2D eigenvalue weighted by Gasteiger charge is -2.16. The molecule has 3 heteroatoms. The maximum atomic E-state index is 2.74. The summed E-state index contributed by atoms with van der Waals surface area (Å²) in [5.41, 5.74) is 1.29. The Hall–Kier alpha value is 0.180. The molecule has 0 fully saturated rings. The van der Waals surface area contributed by atoms with Crippen molar-refractivity contribution >= 4 is 42.8 Å². The standard InChI is InChI=1S/C8H11INP/c1-10(2)8-6(9)4-3-5-7(8)11/h3-5H,11H2,1-2H3. The Kier molecular flexibility index (Phi) is 3.14. The Morgan fingerprint density at radius 2 is 2.00 bits per heavy atom. The molecule has 0 aromatic heterocycles. The quantitative estimate of drug-likeness (QED) is 0.560. The zero-order valence-corrected chi connectivity index (χ0v) is 9.95. The third kappa shape index (κ3) is 2.06. The maximum Gasteiger partial charge on any atom is 0.0569 e. The van der Waals surface area contributed by atoms with Gasteiger partial charge in [0.05, 0.1) is 5.69 Å². The van der Waals surface area contributed by atoms with Gasteiger partial charge in [0.25, 0.3) is 0 Å². The summed E-state index contributed by atoms with van der Waals surface area (Å²) in [5.74, 6) is 0. The van der Waals surface area contributed by atoms with Crippen molar-refractivity contribution in [3.63, 3.8) is 0 Å². The average molecular weight is 279 g/mol. The smallest absolute Gasteiger partial charge is 0.0569 e. The van der Waals surface area contributed by atoms with E-state index in [1.165, 1.54) is 14.6 Å². The summed E-state index contributed by atoms with van der Waals surface area (Å²) in [4.78, 5) is 2.13. The van der Waals surface area contributed by atoms with Crippen LogP contribution in [-0.4, -0.2) is 14.1 Å². The van der Waals surface area contributed by atoms with Crippen LogP contribution in [0.25, 0.3) is 0 Å². The minimum Gasteiger partial charge on any atom is -0.376 e. The first-order valence-corrected chi connectivity index (χ1v) is 5.00. The summed E-state index contributed by atoms with van der Waals surface area (Å²) in [6.07, 6.45) is 0. The molecule has 1 aromatic rings. The average Bonchev–Trinajstić information content (AvgIpc) is 1.85. The molecule has 0 heterocycles. The number of anilines is 1. The summed E-state index contributed by atoms with van der Waals surface area (Å²) in [5, 5.41) is 1.25. The molecule has 0 aliphatic heterocycles. The highest BCUT2D eigenvalue weighted by Gasteiger charge is 2.03. The van der Waals surface area contributed by atoms with E-state index in [0.29, 0.717) is 0 Å². The molecule has 0 spiro atoms. The molecule has 0 saturated heterocycles. The van der Waals surface area contributed by atoms with Gasteiger partial charge in [0, 0.05) is 17.7 Å². The van der Waals surface area contributed by atoms with Crippen molar-refractivity contribution in [1.29, 1.82) is 0 Å². The lowest BCUT2D eigenvalue weighted by atomic mass is 10.3. The molecule has 1 rings (SSSR count). The molecule has 11 heavy (non-hydrogen) atoms. The summed E-state index contributed by atoms with van der Waals surface area (Å²) < 4.78 is 1.29. The highest BCUT2D eigenvalue weighted by atomic mass is 127. The van der Waals surface area contributed by atoms with Crippen LogP contribution >= 0.6 is 31.8 Å². The van der Waals surface area contributed by atoms with Crippen LogP contribution in [0.15, 0.2) is 18.2 Å². The number of nitrogens with zero attached hydrogens (tertiary/aromatic N) is 1. The van der Waals surface area contributed by atoms with Crippen molar-refractivity contribution in [2.45, 2.75) is 0 Å². The van der Waals surface area contributed by atoms with Crippen LogP contribution in [0.3, 0.4) is 0 Å². The Labute approximate surface area is 83.5 Å². The Bertz CT molecular complexity index is 240. The molecule has 0 bridgehead atoms. The molecule has 0 amide bonds. The number of rotatable bonds is 1. The molecule has 0 saturated carbocycles. The van der Waals surface area contributed by atoms with Gasteiger partial charge in [0.2, 0.25) is 0 Å². The molecule has 1 unspecified atom stereocenters. The SMILES string of the molecule is CN(C)c1c(P)cccc1I. The molecule has 0 radical (unpaired) electrons. The van der Waals surface area contributed by atoms with E-state index in [1.807, 2.05) is 0 Å². The van der Waals surface area contributed by atoms with Gasteiger partial charge < -0.3 is 4.90 Å². The molecule has 1 aromatic carbocycles. The van der Waals surface area contributed by atoms with Gasteiger partial charge in [0.15, 0.2) is 0 Å². The monoisotopic (exact) mass is 279 g/mol. The van der Waals surface area contributed by atoms with Gasteiger partial charge in [-0.05, 0) is 34.0 Å². The van der Waals surface area contributed by atoms with Crippen LogP contribution in [0.4, 0.5) is 5.69 Å². The molecule has 1 atom stereocenters. The second-order valence-corrected chi connectivity index (χ2v) is 4.36. The molecule has 0 aliphatic rings. The van der Waals surface area contributed by atoms with Crippen LogP contribution in [0.1, 0.15) is 0 Å². The topological polar surface area (TPSA) is 3.24 Å². The second kappa shape index (κ2) is 3.72. The first-order valence-electron chi connectivity index (χ1n) is 3.34. The maximum absolute atomic E-state index is 2.74. The highest BCUT2D eigenvalue weighted by molar-refractivity contribution is 14.1. The van der Waals surface area contributed by atoms with E-state index in [4.69, 9.17) is 0 Å². The number of halogens is 1. The lowest BCUT2D eigenvalue weighted by molar-refractivity contribution is 1.13. The van der Waals surface area contributed by atoms with Crippen molar-refractivity contribution in [2.24, 2.45) is 0 Å². The predicted molar refractivity (Wildman–Crippen MR) is 62.8 cm³/mol. The minimum absolute atomic E-state index is 1.25. The van der Waals surface area contributed by atoms with Gasteiger partial charge in [-0.3, -0.25) is 0 Å². The van der Waals surface area contributed by atoms with Gasteiger partial charge >= 0.3 is 0 Å². The Morgan fingerprint density at radius 1 is 1.36 bits per heavy atom. The normalized spacial score (nSPS) is 9.82. The molecular weight excluding hydrogens is 268 g/mol. The van der Waals surface area contributed by atoms with Gasteiger partial charge in [-0.2, -0.15) is 0 Å². The fourth-order valence-electron chi connectivity index (χ4n) is 1.00. The number of hydrogen-bond acceptors (Lipinski definition) is 1. The van der Waals surface area contributed by atoms with Crippen LogP contribution in [-0.2, 0) is 0 Å². The largest absolute Gasteiger partial charge is 0.376 e. The summed E-state index contributed by atoms with van der Waals surface area (Å²) in [6, 6.07) is 6.28. The fraction of sp³-hybridized carbons (Fsp3) is 0.250. The zero-order valence-electron chi connectivity index (χ0n) is 6.63. The van der Waals surface area contributed by atoms with Crippen molar-refractivity contribution in [1.82, 2.24) is 0 Å². The zero-order chi connectivity index (χ0) is 8.43. The first-order chi connectivity index (χ1) is 5.13.